The van der Waals surface area contributed by atoms with Crippen molar-refractivity contribution < 1.29 is 19.0 Å². The molecule has 1 amide bonds. The number of thiocarbonyl (C=S) groups is 1. The van der Waals surface area contributed by atoms with Crippen molar-refractivity contribution in [1.29, 1.82) is 0 Å². The van der Waals surface area contributed by atoms with Crippen LogP contribution in [0.3, 0.4) is 0 Å². The summed E-state index contributed by atoms with van der Waals surface area (Å²) in [5.41, 5.74) is 2.11. The number of ether oxygens (including phenoxy) is 3. The molecule has 0 aromatic heterocycles. The van der Waals surface area contributed by atoms with Gasteiger partial charge in [-0.1, -0.05) is 54.3 Å². The molecule has 2 aromatic rings. The van der Waals surface area contributed by atoms with Crippen molar-refractivity contribution >= 4 is 34.2 Å². The van der Waals surface area contributed by atoms with Gasteiger partial charge < -0.3 is 14.2 Å². The molecule has 0 spiro atoms. The number of methoxy groups -OCH3 is 1. The summed E-state index contributed by atoms with van der Waals surface area (Å²) in [5, 5.41) is -0.248. The first-order valence-corrected chi connectivity index (χ1v) is 9.97. The zero-order valence-corrected chi connectivity index (χ0v) is 16.5. The van der Waals surface area contributed by atoms with Crippen LogP contribution < -0.4 is 14.2 Å². The third kappa shape index (κ3) is 3.75. The highest BCUT2D eigenvalue weighted by atomic mass is 32.2. The Morgan fingerprint density at radius 1 is 1.22 bits per heavy atom. The summed E-state index contributed by atoms with van der Waals surface area (Å²) in [6.07, 6.45) is 1.32. The van der Waals surface area contributed by atoms with Gasteiger partial charge in [0.15, 0.2) is 11.5 Å². The first kappa shape index (κ1) is 18.1. The lowest BCUT2D eigenvalue weighted by Gasteiger charge is -2.16. The maximum Gasteiger partial charge on any atom is 0.241 e. The van der Waals surface area contributed by atoms with Crippen molar-refractivity contribution in [1.82, 2.24) is 4.90 Å². The van der Waals surface area contributed by atoms with E-state index in [0.29, 0.717) is 34.5 Å². The maximum absolute atomic E-state index is 12.9. The average Bonchev–Trinajstić information content (AvgIpc) is 3.24. The number of hydrogen-bond donors (Lipinski definition) is 0. The van der Waals surface area contributed by atoms with Gasteiger partial charge in [0.25, 0.3) is 0 Å². The summed E-state index contributed by atoms with van der Waals surface area (Å²) < 4.78 is 17.0. The molecular weight excluding hydrogens is 382 g/mol. The van der Waals surface area contributed by atoms with Gasteiger partial charge >= 0.3 is 0 Å². The maximum atomic E-state index is 12.9. The molecule has 0 N–H and O–H groups in total. The summed E-state index contributed by atoms with van der Waals surface area (Å²) >= 11 is 6.90. The fourth-order valence-corrected chi connectivity index (χ4v) is 4.80. The monoisotopic (exact) mass is 401 g/mol. The molecule has 1 fully saturated rings. The highest BCUT2D eigenvalue weighted by molar-refractivity contribution is 8.24. The first-order valence-electron chi connectivity index (χ1n) is 8.68. The number of hydrogen-bond acceptors (Lipinski definition) is 6. The van der Waals surface area contributed by atoms with Gasteiger partial charge in [0.05, 0.1) is 12.4 Å². The van der Waals surface area contributed by atoms with Crippen LogP contribution in [0.1, 0.15) is 11.1 Å². The van der Waals surface area contributed by atoms with E-state index in [1.807, 2.05) is 30.3 Å². The Labute approximate surface area is 167 Å². The number of rotatable bonds is 6. The van der Waals surface area contributed by atoms with Crippen LogP contribution >= 0.6 is 24.0 Å². The van der Waals surface area contributed by atoms with E-state index in [-0.39, 0.29) is 18.0 Å². The topological polar surface area (TPSA) is 48.0 Å². The molecule has 2 aromatic carbocycles. The van der Waals surface area contributed by atoms with E-state index < -0.39 is 0 Å². The molecule has 140 valence electrons. The second-order valence-corrected chi connectivity index (χ2v) is 8.16. The van der Waals surface area contributed by atoms with Gasteiger partial charge in [-0.25, -0.2) is 0 Å². The standard InChI is InChI=1S/C20H19NO4S2/c1-23-15-11-17-16(24-12-25-17)9-14(15)10-18-19(22)21(20(26)27-18)8-7-13-5-3-2-4-6-13/h2-6,9,11,18H,7-8,10,12H2,1H3/t18-/m1/s1. The number of fused-ring (bicyclic) bond motifs is 1. The highest BCUT2D eigenvalue weighted by Crippen LogP contribution is 2.40. The summed E-state index contributed by atoms with van der Waals surface area (Å²) in [6.45, 7) is 0.805. The number of nitrogens with zero attached hydrogens (tertiary/aromatic N) is 1. The molecule has 27 heavy (non-hydrogen) atoms. The van der Waals surface area contributed by atoms with Gasteiger partial charge in [-0.3, -0.25) is 9.69 Å². The molecule has 1 saturated heterocycles. The predicted octanol–water partition coefficient (Wildman–Crippen LogP) is 3.44. The molecule has 2 heterocycles. The minimum Gasteiger partial charge on any atom is -0.496 e. The molecule has 0 radical (unpaired) electrons. The second-order valence-electron chi connectivity index (χ2n) is 6.32. The van der Waals surface area contributed by atoms with Crippen molar-refractivity contribution in [3.05, 3.63) is 53.6 Å². The number of benzene rings is 2. The van der Waals surface area contributed by atoms with Crippen LogP contribution in [0, 0.1) is 0 Å². The molecule has 1 atom stereocenters. The van der Waals surface area contributed by atoms with E-state index in [2.05, 4.69) is 12.1 Å². The molecule has 0 unspecified atom stereocenters. The van der Waals surface area contributed by atoms with E-state index in [4.69, 9.17) is 26.4 Å². The molecule has 5 nitrogen and oxygen atoms in total. The lowest BCUT2D eigenvalue weighted by Crippen LogP contribution is -2.33. The Morgan fingerprint density at radius 2 is 1.96 bits per heavy atom. The van der Waals surface area contributed by atoms with E-state index in [9.17, 15) is 4.79 Å². The third-order valence-corrected chi connectivity index (χ3v) is 6.24. The summed E-state index contributed by atoms with van der Waals surface area (Å²) in [6, 6.07) is 13.8. The van der Waals surface area contributed by atoms with Crippen molar-refractivity contribution in [3.63, 3.8) is 0 Å². The third-order valence-electron chi connectivity index (χ3n) is 4.65. The summed E-state index contributed by atoms with van der Waals surface area (Å²) in [5.74, 6) is 2.10. The van der Waals surface area contributed by atoms with Gasteiger partial charge in [0.2, 0.25) is 12.7 Å². The molecule has 2 aliphatic rings. The number of carbonyl (C=O) groups is 1. The SMILES string of the molecule is COc1cc2c(cc1C[C@H]1SC(=S)N(CCc3ccccc3)C1=O)OCO2. The fourth-order valence-electron chi connectivity index (χ4n) is 3.23. The van der Waals surface area contributed by atoms with E-state index in [1.165, 1.54) is 17.3 Å². The van der Waals surface area contributed by atoms with Gasteiger partial charge in [-0.05, 0) is 30.0 Å². The van der Waals surface area contributed by atoms with Gasteiger partial charge in [-0.2, -0.15) is 0 Å². The van der Waals surface area contributed by atoms with Crippen molar-refractivity contribution in [2.24, 2.45) is 0 Å². The zero-order valence-electron chi connectivity index (χ0n) is 14.8. The van der Waals surface area contributed by atoms with Gasteiger partial charge in [-0.15, -0.1) is 0 Å². The van der Waals surface area contributed by atoms with Crippen LogP contribution in [0.2, 0.25) is 0 Å². The Balaban J connectivity index is 1.46. The molecule has 0 saturated carbocycles. The largest absolute Gasteiger partial charge is 0.496 e. The summed E-state index contributed by atoms with van der Waals surface area (Å²) in [7, 11) is 1.61. The van der Waals surface area contributed by atoms with Crippen LogP contribution in [-0.4, -0.2) is 40.8 Å². The molecule has 7 heteroatoms. The molecular formula is C20H19NO4S2. The quantitative estimate of drug-likeness (QED) is 0.691. The highest BCUT2D eigenvalue weighted by Gasteiger charge is 2.37. The molecule has 4 rings (SSSR count). The van der Waals surface area contributed by atoms with Crippen molar-refractivity contribution in [3.8, 4) is 17.2 Å². The second kappa shape index (κ2) is 7.78. The number of carbonyl (C=O) groups excluding carboxylic acids is 1. The van der Waals surface area contributed by atoms with Crippen molar-refractivity contribution in [2.75, 3.05) is 20.4 Å². The minimum atomic E-state index is -0.248. The Kier molecular flexibility index (Phi) is 5.22. The number of thioether (sulfide) groups is 1. The van der Waals surface area contributed by atoms with Gasteiger partial charge in [0, 0.05) is 12.6 Å². The van der Waals surface area contributed by atoms with E-state index >= 15 is 0 Å². The Bertz CT molecular complexity index is 872. The molecule has 0 bridgehead atoms. The normalized spacial score (nSPS) is 18.3. The van der Waals surface area contributed by atoms with Gasteiger partial charge in [0.1, 0.15) is 10.1 Å². The smallest absolute Gasteiger partial charge is 0.241 e. The first-order chi connectivity index (χ1) is 13.2. The van der Waals surface area contributed by atoms with Crippen LogP contribution in [0.15, 0.2) is 42.5 Å². The van der Waals surface area contributed by atoms with Crippen LogP contribution in [-0.2, 0) is 17.6 Å². The summed E-state index contributed by atoms with van der Waals surface area (Å²) in [4.78, 5) is 14.6. The van der Waals surface area contributed by atoms with Crippen molar-refractivity contribution in [2.45, 2.75) is 18.1 Å². The Morgan fingerprint density at radius 3 is 2.70 bits per heavy atom. The molecule has 2 aliphatic heterocycles. The Hall–Kier alpha value is -2.25. The van der Waals surface area contributed by atoms with Crippen LogP contribution in [0.4, 0.5) is 0 Å². The molecule has 0 aliphatic carbocycles. The lowest BCUT2D eigenvalue weighted by atomic mass is 10.1. The average molecular weight is 402 g/mol. The lowest BCUT2D eigenvalue weighted by molar-refractivity contribution is -0.126. The van der Waals surface area contributed by atoms with E-state index in [1.54, 1.807) is 12.0 Å². The van der Waals surface area contributed by atoms with Crippen LogP contribution in [0.25, 0.3) is 0 Å². The zero-order chi connectivity index (χ0) is 18.8. The number of amides is 1. The predicted molar refractivity (Wildman–Crippen MR) is 109 cm³/mol. The minimum absolute atomic E-state index is 0.0562. The van der Waals surface area contributed by atoms with E-state index in [0.717, 1.165) is 12.0 Å². The fraction of sp³-hybridized carbons (Fsp3) is 0.300. The van der Waals surface area contributed by atoms with Crippen LogP contribution in [0.5, 0.6) is 17.2 Å².